The molecule has 1 amide bonds. The largest absolute Gasteiger partial charge is 0.497 e. The SMILES string of the molecule is COCC(=O)N1[C@H]2CC[C@H](C2)[C@@H]1COc1cccc(OC)c1. The maximum Gasteiger partial charge on any atom is 0.249 e. The van der Waals surface area contributed by atoms with Gasteiger partial charge < -0.3 is 19.1 Å². The van der Waals surface area contributed by atoms with Gasteiger partial charge in [0.2, 0.25) is 5.91 Å². The number of piperidine rings is 1. The highest BCUT2D eigenvalue weighted by molar-refractivity contribution is 5.78. The smallest absolute Gasteiger partial charge is 0.249 e. The summed E-state index contributed by atoms with van der Waals surface area (Å²) in [5, 5.41) is 0. The summed E-state index contributed by atoms with van der Waals surface area (Å²) >= 11 is 0. The fraction of sp³-hybridized carbons (Fsp3) is 0.588. The Morgan fingerprint density at radius 1 is 1.27 bits per heavy atom. The van der Waals surface area contributed by atoms with Gasteiger partial charge in [-0.2, -0.15) is 0 Å². The number of fused-ring (bicyclic) bond motifs is 2. The molecule has 5 heteroatoms. The van der Waals surface area contributed by atoms with Gasteiger partial charge in [-0.1, -0.05) is 6.07 Å². The second kappa shape index (κ2) is 6.57. The van der Waals surface area contributed by atoms with Crippen LogP contribution < -0.4 is 9.47 Å². The molecule has 0 spiro atoms. The average Bonchev–Trinajstić information content (AvgIpc) is 3.14. The van der Waals surface area contributed by atoms with Crippen LogP contribution in [0.15, 0.2) is 24.3 Å². The van der Waals surface area contributed by atoms with E-state index < -0.39 is 0 Å². The topological polar surface area (TPSA) is 48.0 Å². The molecule has 3 rings (SSSR count). The molecule has 120 valence electrons. The van der Waals surface area contributed by atoms with Crippen LogP contribution in [0.1, 0.15) is 19.3 Å². The minimum Gasteiger partial charge on any atom is -0.497 e. The lowest BCUT2D eigenvalue weighted by molar-refractivity contribution is -0.140. The summed E-state index contributed by atoms with van der Waals surface area (Å²) in [6.07, 6.45) is 3.39. The highest BCUT2D eigenvalue weighted by atomic mass is 16.5. The summed E-state index contributed by atoms with van der Waals surface area (Å²) < 4.78 is 16.2. The monoisotopic (exact) mass is 305 g/mol. The molecule has 0 aromatic heterocycles. The van der Waals surface area contributed by atoms with Crippen molar-refractivity contribution in [3.8, 4) is 11.5 Å². The molecule has 5 nitrogen and oxygen atoms in total. The number of carbonyl (C=O) groups is 1. The number of likely N-dealkylation sites (tertiary alicyclic amines) is 1. The molecular formula is C17H23NO4. The number of rotatable bonds is 6. The highest BCUT2D eigenvalue weighted by Gasteiger charge is 2.48. The molecule has 22 heavy (non-hydrogen) atoms. The Balaban J connectivity index is 1.66. The molecule has 2 aliphatic rings. The summed E-state index contributed by atoms with van der Waals surface area (Å²) in [7, 11) is 3.20. The summed E-state index contributed by atoms with van der Waals surface area (Å²) in [6.45, 7) is 0.683. The first-order chi connectivity index (χ1) is 10.7. The van der Waals surface area contributed by atoms with Gasteiger partial charge in [0, 0.05) is 19.2 Å². The minimum atomic E-state index is 0.0777. The van der Waals surface area contributed by atoms with Gasteiger partial charge in [-0.3, -0.25) is 4.79 Å². The van der Waals surface area contributed by atoms with Crippen molar-refractivity contribution in [1.82, 2.24) is 4.90 Å². The van der Waals surface area contributed by atoms with E-state index in [0.29, 0.717) is 18.6 Å². The number of carbonyl (C=O) groups excluding carboxylic acids is 1. The predicted octanol–water partition coefficient (Wildman–Crippen LogP) is 2.10. The van der Waals surface area contributed by atoms with E-state index in [1.54, 1.807) is 14.2 Å². The van der Waals surface area contributed by atoms with Gasteiger partial charge in [0.25, 0.3) is 0 Å². The molecule has 1 heterocycles. The van der Waals surface area contributed by atoms with Crippen molar-refractivity contribution in [3.63, 3.8) is 0 Å². The van der Waals surface area contributed by atoms with E-state index in [0.717, 1.165) is 24.3 Å². The Labute approximate surface area is 131 Å². The van der Waals surface area contributed by atoms with Gasteiger partial charge in [-0.05, 0) is 37.3 Å². The van der Waals surface area contributed by atoms with E-state index in [2.05, 4.69) is 0 Å². The first-order valence-corrected chi connectivity index (χ1v) is 7.80. The molecule has 0 radical (unpaired) electrons. The molecule has 1 aromatic rings. The third kappa shape index (κ3) is 2.90. The van der Waals surface area contributed by atoms with E-state index in [1.807, 2.05) is 29.2 Å². The fourth-order valence-corrected chi connectivity index (χ4v) is 3.77. The summed E-state index contributed by atoms with van der Waals surface area (Å²) in [5.74, 6) is 2.18. The van der Waals surface area contributed by atoms with Crippen molar-refractivity contribution in [2.24, 2.45) is 5.92 Å². The Morgan fingerprint density at radius 3 is 2.86 bits per heavy atom. The van der Waals surface area contributed by atoms with Gasteiger partial charge in [0.1, 0.15) is 24.7 Å². The Morgan fingerprint density at radius 2 is 2.09 bits per heavy atom. The first kappa shape index (κ1) is 15.2. The van der Waals surface area contributed by atoms with Crippen LogP contribution in [0.2, 0.25) is 0 Å². The molecule has 1 aromatic carbocycles. The van der Waals surface area contributed by atoms with Crippen molar-refractivity contribution < 1.29 is 19.0 Å². The Bertz CT molecular complexity index is 533. The molecule has 1 saturated carbocycles. The lowest BCUT2D eigenvalue weighted by atomic mass is 9.99. The van der Waals surface area contributed by atoms with Crippen LogP contribution in [0.5, 0.6) is 11.5 Å². The second-order valence-corrected chi connectivity index (χ2v) is 6.02. The van der Waals surface area contributed by atoms with Crippen LogP contribution >= 0.6 is 0 Å². The van der Waals surface area contributed by atoms with E-state index in [4.69, 9.17) is 14.2 Å². The molecular weight excluding hydrogens is 282 g/mol. The zero-order valence-corrected chi connectivity index (χ0v) is 13.2. The zero-order chi connectivity index (χ0) is 15.5. The van der Waals surface area contributed by atoms with Crippen molar-refractivity contribution in [2.45, 2.75) is 31.3 Å². The molecule has 1 aliphatic heterocycles. The summed E-state index contributed by atoms with van der Waals surface area (Å²) in [5.41, 5.74) is 0. The Kier molecular flexibility index (Phi) is 4.52. The maximum atomic E-state index is 12.3. The molecule has 2 fully saturated rings. The number of nitrogens with zero attached hydrogens (tertiary/aromatic N) is 1. The van der Waals surface area contributed by atoms with E-state index in [-0.39, 0.29) is 18.6 Å². The number of hydrogen-bond donors (Lipinski definition) is 0. The van der Waals surface area contributed by atoms with Crippen LogP contribution in [0.3, 0.4) is 0 Å². The van der Waals surface area contributed by atoms with Crippen LogP contribution in [0.4, 0.5) is 0 Å². The van der Waals surface area contributed by atoms with Crippen molar-refractivity contribution in [1.29, 1.82) is 0 Å². The molecule has 0 unspecified atom stereocenters. The van der Waals surface area contributed by atoms with Gasteiger partial charge in [-0.25, -0.2) is 0 Å². The molecule has 3 atom stereocenters. The van der Waals surface area contributed by atoms with Gasteiger partial charge in [0.05, 0.1) is 13.2 Å². The highest BCUT2D eigenvalue weighted by Crippen LogP contribution is 2.42. The third-order valence-electron chi connectivity index (χ3n) is 4.76. The number of benzene rings is 1. The van der Waals surface area contributed by atoms with Gasteiger partial charge >= 0.3 is 0 Å². The average molecular weight is 305 g/mol. The minimum absolute atomic E-state index is 0.0777. The van der Waals surface area contributed by atoms with Crippen LogP contribution in [-0.4, -0.2) is 50.3 Å². The van der Waals surface area contributed by atoms with Crippen molar-refractivity contribution in [3.05, 3.63) is 24.3 Å². The fourth-order valence-electron chi connectivity index (χ4n) is 3.77. The maximum absolute atomic E-state index is 12.3. The summed E-state index contributed by atoms with van der Waals surface area (Å²) in [4.78, 5) is 14.3. The van der Waals surface area contributed by atoms with Crippen LogP contribution in [0, 0.1) is 5.92 Å². The summed E-state index contributed by atoms with van der Waals surface area (Å²) in [6, 6.07) is 8.10. The van der Waals surface area contributed by atoms with Crippen LogP contribution in [0.25, 0.3) is 0 Å². The number of hydrogen-bond acceptors (Lipinski definition) is 4. The predicted molar refractivity (Wildman–Crippen MR) is 82.1 cm³/mol. The number of amides is 1. The normalized spacial score (nSPS) is 26.3. The van der Waals surface area contributed by atoms with E-state index in [1.165, 1.54) is 6.42 Å². The standard InChI is InChI=1S/C17H23NO4/c1-20-11-17(19)18-13-7-6-12(8-13)16(18)10-22-15-5-3-4-14(9-15)21-2/h3-5,9,12-13,16H,6-8,10-11H2,1-2H3/t12-,13+,16+/m1/s1. The van der Waals surface area contributed by atoms with Crippen molar-refractivity contribution >= 4 is 5.91 Å². The Hall–Kier alpha value is -1.75. The van der Waals surface area contributed by atoms with Gasteiger partial charge in [-0.15, -0.1) is 0 Å². The molecule has 2 bridgehead atoms. The number of ether oxygens (including phenoxy) is 3. The van der Waals surface area contributed by atoms with E-state index in [9.17, 15) is 4.79 Å². The quantitative estimate of drug-likeness (QED) is 0.807. The zero-order valence-electron chi connectivity index (χ0n) is 13.2. The molecule has 1 aliphatic carbocycles. The molecule has 1 saturated heterocycles. The first-order valence-electron chi connectivity index (χ1n) is 7.80. The number of methoxy groups -OCH3 is 2. The van der Waals surface area contributed by atoms with Gasteiger partial charge in [0.15, 0.2) is 0 Å². The third-order valence-corrected chi connectivity index (χ3v) is 4.76. The second-order valence-electron chi connectivity index (χ2n) is 6.02. The van der Waals surface area contributed by atoms with Crippen molar-refractivity contribution in [2.75, 3.05) is 27.4 Å². The van der Waals surface area contributed by atoms with E-state index >= 15 is 0 Å². The lowest BCUT2D eigenvalue weighted by Gasteiger charge is -2.35. The lowest BCUT2D eigenvalue weighted by Crippen LogP contribution is -2.49. The van der Waals surface area contributed by atoms with Crippen LogP contribution in [-0.2, 0) is 9.53 Å². The molecule has 0 N–H and O–H groups in total.